The van der Waals surface area contributed by atoms with Crippen LogP contribution in [0.5, 0.6) is 0 Å². The molecule has 0 aliphatic heterocycles. The van der Waals surface area contributed by atoms with Gasteiger partial charge in [-0.05, 0) is 36.1 Å². The Hall–Kier alpha value is -1.38. The molecular formula is C11H12FNO. The Balaban J connectivity index is 2.26. The molecule has 0 spiro atoms. The molecule has 1 aromatic rings. The lowest BCUT2D eigenvalue weighted by Gasteiger charge is -2.11. The van der Waals surface area contributed by atoms with Crippen LogP contribution in [-0.2, 0) is 11.2 Å². The number of fused-ring (bicyclic) bond motifs is 1. The van der Waals surface area contributed by atoms with Crippen molar-refractivity contribution in [2.24, 2.45) is 0 Å². The van der Waals surface area contributed by atoms with E-state index in [1.54, 1.807) is 12.1 Å². The van der Waals surface area contributed by atoms with Gasteiger partial charge in [0.25, 0.3) is 0 Å². The molecule has 0 heterocycles. The van der Waals surface area contributed by atoms with E-state index in [0.29, 0.717) is 0 Å². The molecule has 0 saturated heterocycles. The third-order valence-corrected chi connectivity index (χ3v) is 2.56. The molecule has 0 radical (unpaired) electrons. The predicted molar refractivity (Wildman–Crippen MR) is 51.3 cm³/mol. The van der Waals surface area contributed by atoms with Crippen molar-refractivity contribution in [3.63, 3.8) is 0 Å². The van der Waals surface area contributed by atoms with Gasteiger partial charge in [-0.3, -0.25) is 4.79 Å². The van der Waals surface area contributed by atoms with Crippen molar-refractivity contribution in [3.05, 3.63) is 35.1 Å². The van der Waals surface area contributed by atoms with E-state index in [1.807, 2.05) is 0 Å². The second-order valence-electron chi connectivity index (χ2n) is 3.63. The summed E-state index contributed by atoms with van der Waals surface area (Å²) in [5.74, 6) is -0.237. The molecule has 1 aliphatic rings. The maximum Gasteiger partial charge on any atom is 0.217 e. The van der Waals surface area contributed by atoms with Crippen LogP contribution in [0.25, 0.3) is 0 Å². The number of nitrogens with one attached hydrogen (secondary N) is 1. The van der Waals surface area contributed by atoms with Gasteiger partial charge in [0.05, 0.1) is 6.04 Å². The third kappa shape index (κ3) is 1.62. The number of benzene rings is 1. The van der Waals surface area contributed by atoms with Gasteiger partial charge in [-0.1, -0.05) is 6.07 Å². The summed E-state index contributed by atoms with van der Waals surface area (Å²) in [4.78, 5) is 10.9. The SMILES string of the molecule is CC(=O)N[C@@H]1CCc2cc(F)ccc21. The van der Waals surface area contributed by atoms with E-state index in [0.717, 1.165) is 24.0 Å². The number of halogens is 1. The monoisotopic (exact) mass is 193 g/mol. The topological polar surface area (TPSA) is 29.1 Å². The van der Waals surface area contributed by atoms with Crippen LogP contribution >= 0.6 is 0 Å². The molecule has 1 atom stereocenters. The molecule has 2 nitrogen and oxygen atoms in total. The van der Waals surface area contributed by atoms with E-state index in [4.69, 9.17) is 0 Å². The summed E-state index contributed by atoms with van der Waals surface area (Å²) in [6.45, 7) is 1.50. The minimum atomic E-state index is -0.202. The number of hydrogen-bond acceptors (Lipinski definition) is 1. The number of aryl methyl sites for hydroxylation is 1. The van der Waals surface area contributed by atoms with Gasteiger partial charge < -0.3 is 5.32 Å². The summed E-state index contributed by atoms with van der Waals surface area (Å²) in [6, 6.07) is 4.83. The number of rotatable bonds is 1. The molecule has 0 aromatic heterocycles. The molecule has 0 saturated carbocycles. The fourth-order valence-electron chi connectivity index (χ4n) is 1.98. The van der Waals surface area contributed by atoms with Gasteiger partial charge in [-0.25, -0.2) is 4.39 Å². The number of carbonyl (C=O) groups excluding carboxylic acids is 1. The maximum atomic E-state index is 12.9. The molecule has 0 fully saturated rings. The summed E-state index contributed by atoms with van der Waals surface area (Å²) in [6.07, 6.45) is 1.72. The van der Waals surface area contributed by atoms with Gasteiger partial charge in [-0.15, -0.1) is 0 Å². The molecule has 0 bridgehead atoms. The van der Waals surface area contributed by atoms with Crippen LogP contribution < -0.4 is 5.32 Å². The van der Waals surface area contributed by atoms with Gasteiger partial charge in [0.1, 0.15) is 5.82 Å². The summed E-state index contributed by atoms with van der Waals surface area (Å²) in [5.41, 5.74) is 2.07. The molecule has 74 valence electrons. The van der Waals surface area contributed by atoms with Gasteiger partial charge in [-0.2, -0.15) is 0 Å². The van der Waals surface area contributed by atoms with Crippen LogP contribution in [0.4, 0.5) is 4.39 Å². The minimum Gasteiger partial charge on any atom is -0.350 e. The molecule has 3 heteroatoms. The third-order valence-electron chi connectivity index (χ3n) is 2.56. The molecule has 2 rings (SSSR count). The van der Waals surface area contributed by atoms with Gasteiger partial charge >= 0.3 is 0 Å². The van der Waals surface area contributed by atoms with Crippen molar-refractivity contribution in [1.82, 2.24) is 5.32 Å². The average molecular weight is 193 g/mol. The molecule has 1 aliphatic carbocycles. The van der Waals surface area contributed by atoms with E-state index in [9.17, 15) is 9.18 Å². The summed E-state index contributed by atoms with van der Waals surface area (Å²) < 4.78 is 12.9. The first-order valence-corrected chi connectivity index (χ1v) is 4.72. The van der Waals surface area contributed by atoms with Crippen molar-refractivity contribution in [3.8, 4) is 0 Å². The number of hydrogen-bond donors (Lipinski definition) is 1. The minimum absolute atomic E-state index is 0.0350. The van der Waals surface area contributed by atoms with Crippen molar-refractivity contribution in [1.29, 1.82) is 0 Å². The Labute approximate surface area is 82.1 Å². The summed E-state index contributed by atoms with van der Waals surface area (Å²) in [5, 5.41) is 2.86. The second-order valence-corrected chi connectivity index (χ2v) is 3.63. The molecule has 1 N–H and O–H groups in total. The number of amides is 1. The Kier molecular flexibility index (Phi) is 2.23. The molecule has 1 aromatic carbocycles. The highest BCUT2D eigenvalue weighted by atomic mass is 19.1. The first-order valence-electron chi connectivity index (χ1n) is 4.72. The molecule has 14 heavy (non-hydrogen) atoms. The largest absolute Gasteiger partial charge is 0.350 e. The van der Waals surface area contributed by atoms with Gasteiger partial charge in [0, 0.05) is 6.92 Å². The van der Waals surface area contributed by atoms with E-state index < -0.39 is 0 Å². The van der Waals surface area contributed by atoms with Crippen molar-refractivity contribution in [2.75, 3.05) is 0 Å². The molecular weight excluding hydrogens is 181 g/mol. The van der Waals surface area contributed by atoms with Gasteiger partial charge in [0.15, 0.2) is 0 Å². The molecule has 0 unspecified atom stereocenters. The van der Waals surface area contributed by atoms with Gasteiger partial charge in [0.2, 0.25) is 5.91 Å². The first-order chi connectivity index (χ1) is 6.66. The van der Waals surface area contributed by atoms with Crippen LogP contribution in [0.1, 0.15) is 30.5 Å². The van der Waals surface area contributed by atoms with E-state index in [1.165, 1.54) is 13.0 Å². The zero-order chi connectivity index (χ0) is 10.1. The Morgan fingerprint density at radius 3 is 3.07 bits per heavy atom. The number of carbonyl (C=O) groups is 1. The lowest BCUT2D eigenvalue weighted by Crippen LogP contribution is -2.24. The summed E-state index contributed by atoms with van der Waals surface area (Å²) >= 11 is 0. The van der Waals surface area contributed by atoms with Crippen LogP contribution in [0.2, 0.25) is 0 Å². The van der Waals surface area contributed by atoms with Crippen LogP contribution in [0.3, 0.4) is 0 Å². The average Bonchev–Trinajstić information content (AvgIpc) is 2.47. The highest BCUT2D eigenvalue weighted by molar-refractivity contribution is 5.73. The fourth-order valence-corrected chi connectivity index (χ4v) is 1.98. The maximum absolute atomic E-state index is 12.9. The first kappa shape index (κ1) is 9.19. The van der Waals surface area contributed by atoms with Crippen LogP contribution in [0, 0.1) is 5.82 Å². The Morgan fingerprint density at radius 2 is 2.36 bits per heavy atom. The second kappa shape index (κ2) is 3.40. The van der Waals surface area contributed by atoms with Crippen molar-refractivity contribution < 1.29 is 9.18 Å². The molecule has 1 amide bonds. The van der Waals surface area contributed by atoms with Crippen LogP contribution in [0.15, 0.2) is 18.2 Å². The lowest BCUT2D eigenvalue weighted by atomic mass is 10.1. The van der Waals surface area contributed by atoms with Crippen LogP contribution in [-0.4, -0.2) is 5.91 Å². The zero-order valence-electron chi connectivity index (χ0n) is 8.01. The Bertz CT molecular complexity index is 376. The quantitative estimate of drug-likeness (QED) is 0.725. The van der Waals surface area contributed by atoms with E-state index >= 15 is 0 Å². The lowest BCUT2D eigenvalue weighted by molar-refractivity contribution is -0.119. The van der Waals surface area contributed by atoms with E-state index in [2.05, 4.69) is 5.32 Å². The standard InChI is InChI=1S/C11H12FNO/c1-7(14)13-11-5-2-8-6-9(12)3-4-10(8)11/h3-4,6,11H,2,5H2,1H3,(H,13,14)/t11-/m1/s1. The summed E-state index contributed by atoms with van der Waals surface area (Å²) in [7, 11) is 0. The van der Waals surface area contributed by atoms with Crippen molar-refractivity contribution >= 4 is 5.91 Å². The fraction of sp³-hybridized carbons (Fsp3) is 0.364. The zero-order valence-corrected chi connectivity index (χ0v) is 8.01. The normalized spacial score (nSPS) is 19.1. The van der Waals surface area contributed by atoms with E-state index in [-0.39, 0.29) is 17.8 Å². The van der Waals surface area contributed by atoms with Crippen molar-refractivity contribution in [2.45, 2.75) is 25.8 Å². The Morgan fingerprint density at radius 1 is 1.57 bits per heavy atom. The highest BCUT2D eigenvalue weighted by Gasteiger charge is 2.22. The highest BCUT2D eigenvalue weighted by Crippen LogP contribution is 2.31. The predicted octanol–water partition coefficient (Wildman–Crippen LogP) is 1.95. The smallest absolute Gasteiger partial charge is 0.217 e.